The maximum Gasteiger partial charge on any atom is 0.332 e. The molecule has 3 heterocycles. The van der Waals surface area contributed by atoms with Gasteiger partial charge < -0.3 is 10.5 Å². The summed E-state index contributed by atoms with van der Waals surface area (Å²) in [5, 5.41) is 1.47. The molecule has 1 amide bonds. The average molecular weight is 547 g/mol. The largest absolute Gasteiger partial charge is 0.487 e. The van der Waals surface area contributed by atoms with E-state index in [4.69, 9.17) is 10.5 Å². The number of nitrogens with zero attached hydrogens (tertiary/aromatic N) is 5. The van der Waals surface area contributed by atoms with Gasteiger partial charge in [0.2, 0.25) is 5.91 Å². The van der Waals surface area contributed by atoms with Crippen LogP contribution in [0.25, 0.3) is 22.4 Å². The minimum atomic E-state index is -1.52. The van der Waals surface area contributed by atoms with Crippen molar-refractivity contribution in [3.8, 4) is 17.0 Å². The van der Waals surface area contributed by atoms with E-state index in [0.29, 0.717) is 0 Å². The van der Waals surface area contributed by atoms with Crippen LogP contribution < -0.4 is 27.4 Å². The van der Waals surface area contributed by atoms with E-state index in [0.717, 1.165) is 61.0 Å². The molecule has 11 nitrogen and oxygen atoms in total. The Hall–Kier alpha value is -4.07. The number of hydrogen-bond donors (Lipinski definition) is 1. The quantitative estimate of drug-likeness (QED) is 0.372. The minimum Gasteiger partial charge on any atom is -0.487 e. The zero-order valence-corrected chi connectivity index (χ0v) is 21.6. The van der Waals surface area contributed by atoms with E-state index in [-0.39, 0.29) is 40.0 Å². The van der Waals surface area contributed by atoms with Crippen molar-refractivity contribution in [2.45, 2.75) is 25.3 Å². The van der Waals surface area contributed by atoms with E-state index < -0.39 is 46.3 Å². The van der Waals surface area contributed by atoms with Crippen molar-refractivity contribution >= 4 is 28.4 Å². The zero-order valence-electron chi connectivity index (χ0n) is 20.7. The monoisotopic (exact) mass is 546 g/mol. The van der Waals surface area contributed by atoms with Crippen LogP contribution in [-0.4, -0.2) is 35.8 Å². The number of nitrogens with two attached hydrogens (primary N) is 1. The molecule has 1 unspecified atom stereocenters. The van der Waals surface area contributed by atoms with Gasteiger partial charge in [-0.15, -0.1) is 11.3 Å². The SMILES string of the molecule is Cn1c(=O)c2c(n(C)c1=O)n(C)c(=O)n2C(C(N)=O)c1nc(-c2cc(F)c(OCC3CCC3)c(F)c2)cs1. The van der Waals surface area contributed by atoms with Crippen LogP contribution in [0.4, 0.5) is 8.78 Å². The molecule has 1 aliphatic carbocycles. The summed E-state index contributed by atoms with van der Waals surface area (Å²) in [7, 11) is 3.98. The minimum absolute atomic E-state index is 0.00670. The van der Waals surface area contributed by atoms with Crippen molar-refractivity contribution in [3.63, 3.8) is 0 Å². The molecule has 3 aromatic heterocycles. The Morgan fingerprint density at radius 3 is 2.32 bits per heavy atom. The molecule has 0 bridgehead atoms. The zero-order chi connectivity index (χ0) is 27.5. The Kier molecular flexibility index (Phi) is 6.29. The van der Waals surface area contributed by atoms with E-state index in [1.54, 1.807) is 0 Å². The number of rotatable bonds is 7. The van der Waals surface area contributed by atoms with Crippen LogP contribution in [0.1, 0.15) is 30.3 Å². The number of fused-ring (bicyclic) bond motifs is 1. The topological polar surface area (TPSA) is 136 Å². The number of halogens is 2. The van der Waals surface area contributed by atoms with Crippen LogP contribution in [0.5, 0.6) is 5.75 Å². The second kappa shape index (κ2) is 9.35. The summed E-state index contributed by atoms with van der Waals surface area (Å²) < 4.78 is 38.7. The molecule has 38 heavy (non-hydrogen) atoms. The molecule has 0 saturated heterocycles. The molecule has 1 fully saturated rings. The smallest absolute Gasteiger partial charge is 0.332 e. The first-order chi connectivity index (χ1) is 18.0. The third-order valence-electron chi connectivity index (χ3n) is 6.93. The summed E-state index contributed by atoms with van der Waals surface area (Å²) in [6.07, 6.45) is 3.01. The molecule has 0 spiro atoms. The first kappa shape index (κ1) is 25.6. The summed E-state index contributed by atoms with van der Waals surface area (Å²) in [6.45, 7) is 0.235. The van der Waals surface area contributed by atoms with Crippen molar-refractivity contribution < 1.29 is 18.3 Å². The first-order valence-electron chi connectivity index (χ1n) is 11.7. The van der Waals surface area contributed by atoms with Gasteiger partial charge in [-0.1, -0.05) is 6.42 Å². The highest BCUT2D eigenvalue weighted by Gasteiger charge is 2.32. The van der Waals surface area contributed by atoms with Crippen molar-refractivity contribution in [2.24, 2.45) is 32.8 Å². The molecular weight excluding hydrogens is 522 g/mol. The van der Waals surface area contributed by atoms with Crippen LogP contribution in [0.2, 0.25) is 0 Å². The van der Waals surface area contributed by atoms with E-state index in [9.17, 15) is 28.0 Å². The van der Waals surface area contributed by atoms with Gasteiger partial charge in [-0.3, -0.25) is 27.9 Å². The van der Waals surface area contributed by atoms with Crippen LogP contribution >= 0.6 is 11.3 Å². The van der Waals surface area contributed by atoms with E-state index >= 15 is 0 Å². The summed E-state index contributed by atoms with van der Waals surface area (Å²) in [5.41, 5.74) is 3.42. The second-order valence-electron chi connectivity index (χ2n) is 9.34. The predicted octanol–water partition coefficient (Wildman–Crippen LogP) is 1.39. The molecule has 1 aromatic carbocycles. The number of amides is 1. The number of benzene rings is 1. The molecular formula is C24H24F2N6O5S. The van der Waals surface area contributed by atoms with E-state index in [1.165, 1.54) is 26.5 Å². The number of aryl methyl sites for hydroxylation is 2. The Morgan fingerprint density at radius 2 is 1.74 bits per heavy atom. The molecule has 0 aliphatic heterocycles. The summed E-state index contributed by atoms with van der Waals surface area (Å²) in [5.74, 6) is -2.95. The lowest BCUT2D eigenvalue weighted by Gasteiger charge is -2.25. The molecule has 1 saturated carbocycles. The number of hydrogen-bond acceptors (Lipinski definition) is 7. The maximum absolute atomic E-state index is 14.7. The van der Waals surface area contributed by atoms with Gasteiger partial charge in [-0.05, 0) is 30.9 Å². The summed E-state index contributed by atoms with van der Waals surface area (Å²) >= 11 is 0.926. The highest BCUT2D eigenvalue weighted by molar-refractivity contribution is 7.10. The van der Waals surface area contributed by atoms with Crippen molar-refractivity contribution in [2.75, 3.05) is 6.61 Å². The molecule has 4 aromatic rings. The number of carbonyl (C=O) groups excluding carboxylic acids is 1. The molecule has 1 aliphatic rings. The third kappa shape index (κ3) is 3.95. The van der Waals surface area contributed by atoms with E-state index in [1.807, 2.05) is 0 Å². The number of thiazole rings is 1. The van der Waals surface area contributed by atoms with Crippen molar-refractivity contribution in [3.05, 3.63) is 65.5 Å². The van der Waals surface area contributed by atoms with Gasteiger partial charge in [-0.2, -0.15) is 0 Å². The van der Waals surface area contributed by atoms with Crippen LogP contribution in [-0.2, 0) is 25.9 Å². The van der Waals surface area contributed by atoms with Gasteiger partial charge in [0, 0.05) is 32.1 Å². The second-order valence-corrected chi connectivity index (χ2v) is 10.2. The lowest BCUT2D eigenvalue weighted by molar-refractivity contribution is -0.120. The van der Waals surface area contributed by atoms with Crippen LogP contribution in [0.3, 0.4) is 0 Å². The normalized spacial score (nSPS) is 14.6. The number of carbonyl (C=O) groups is 1. The fourth-order valence-electron chi connectivity index (χ4n) is 4.61. The number of primary amides is 1. The highest BCUT2D eigenvalue weighted by atomic mass is 32.1. The number of imidazole rings is 1. The van der Waals surface area contributed by atoms with Crippen molar-refractivity contribution in [1.82, 2.24) is 23.3 Å². The Morgan fingerprint density at radius 1 is 1.11 bits per heavy atom. The molecule has 14 heteroatoms. The standard InChI is InChI=1S/C24H24F2N6O5S/c1-29-21-17(22(34)31(3)23(29)35)32(24(36)30(21)2)16(19(27)33)20-28-15(10-38-20)12-7-13(25)18(14(26)8-12)37-9-11-5-4-6-11/h7-8,10-11,16H,4-6,9H2,1-3H3,(H2,27,33). The number of aromatic nitrogens is 5. The van der Waals surface area contributed by atoms with Crippen molar-refractivity contribution in [1.29, 1.82) is 0 Å². The van der Waals surface area contributed by atoms with Gasteiger partial charge in [0.15, 0.2) is 34.6 Å². The Labute approximate surface area is 217 Å². The molecule has 1 atom stereocenters. The van der Waals surface area contributed by atoms with Gasteiger partial charge >= 0.3 is 11.4 Å². The summed E-state index contributed by atoms with van der Waals surface area (Å²) in [4.78, 5) is 55.6. The van der Waals surface area contributed by atoms with E-state index in [2.05, 4.69) is 4.98 Å². The lowest BCUT2D eigenvalue weighted by Crippen LogP contribution is -2.39. The van der Waals surface area contributed by atoms with Gasteiger partial charge in [-0.25, -0.2) is 23.4 Å². The van der Waals surface area contributed by atoms with Crippen LogP contribution in [0, 0.1) is 17.6 Å². The van der Waals surface area contributed by atoms with Gasteiger partial charge in [0.25, 0.3) is 5.56 Å². The fourth-order valence-corrected chi connectivity index (χ4v) is 5.53. The van der Waals surface area contributed by atoms with Gasteiger partial charge in [0.05, 0.1) is 12.3 Å². The predicted molar refractivity (Wildman–Crippen MR) is 135 cm³/mol. The first-order valence-corrected chi connectivity index (χ1v) is 12.6. The Balaban J connectivity index is 1.58. The number of ether oxygens (including phenoxy) is 1. The van der Waals surface area contributed by atoms with Gasteiger partial charge in [0.1, 0.15) is 5.01 Å². The third-order valence-corrected chi connectivity index (χ3v) is 7.83. The van der Waals surface area contributed by atoms with Crippen LogP contribution in [0.15, 0.2) is 31.9 Å². The maximum atomic E-state index is 14.7. The molecule has 2 N–H and O–H groups in total. The molecule has 5 rings (SSSR count). The Bertz CT molecular complexity index is 1750. The summed E-state index contributed by atoms with van der Waals surface area (Å²) in [6, 6.07) is 0.634. The average Bonchev–Trinajstić information content (AvgIpc) is 3.41. The highest BCUT2D eigenvalue weighted by Crippen LogP contribution is 2.33. The molecule has 0 radical (unpaired) electrons. The molecule has 200 valence electrons. The lowest BCUT2D eigenvalue weighted by atomic mass is 9.86. The fraction of sp³-hybridized carbons (Fsp3) is 0.375.